The van der Waals surface area contributed by atoms with Crippen LogP contribution in [0.3, 0.4) is 0 Å². The van der Waals surface area contributed by atoms with E-state index in [2.05, 4.69) is 11.9 Å². The van der Waals surface area contributed by atoms with Crippen LogP contribution in [0.2, 0.25) is 0 Å². The number of H-pyrrole nitrogens is 1. The molecule has 0 spiro atoms. The number of aromatic amines is 1. The third-order valence-corrected chi connectivity index (χ3v) is 4.82. The Morgan fingerprint density at radius 2 is 1.88 bits per heavy atom. The number of carbonyl (C=O) groups excluding carboxylic acids is 1. The molecule has 1 aliphatic rings. The maximum Gasteiger partial charge on any atom is 0.323 e. The molecule has 2 heterocycles. The predicted octanol–water partition coefficient (Wildman–Crippen LogP) is 3.36. The maximum atomic E-state index is 12.8. The molecule has 4 rings (SSSR count). The van der Waals surface area contributed by atoms with Gasteiger partial charge in [0.1, 0.15) is 12.2 Å². The van der Waals surface area contributed by atoms with Crippen LogP contribution in [0.4, 0.5) is 0 Å². The highest BCUT2D eigenvalue weighted by atomic mass is 16.4. The molecule has 5 heteroatoms. The van der Waals surface area contributed by atoms with Crippen LogP contribution in [0.1, 0.15) is 40.1 Å². The van der Waals surface area contributed by atoms with Crippen molar-refractivity contribution in [1.82, 2.24) is 9.88 Å². The number of para-hydroxylation sites is 1. The zero-order valence-electron chi connectivity index (χ0n) is 13.8. The van der Waals surface area contributed by atoms with Gasteiger partial charge in [-0.05, 0) is 23.6 Å². The van der Waals surface area contributed by atoms with Crippen LogP contribution in [-0.2, 0) is 11.2 Å². The van der Waals surface area contributed by atoms with E-state index in [1.54, 1.807) is 0 Å². The Kier molecular flexibility index (Phi) is 3.57. The van der Waals surface area contributed by atoms with E-state index < -0.39 is 5.97 Å². The average Bonchev–Trinajstić information content (AvgIpc) is 3.11. The molecule has 3 aromatic rings. The highest BCUT2D eigenvalue weighted by molar-refractivity contribution is 6.06. The largest absolute Gasteiger partial charge is 0.480 e. The molecular weight excluding hydrogens is 316 g/mol. The molecular formula is C20H18N2O3. The number of amides is 1. The molecule has 126 valence electrons. The molecule has 1 aromatic heterocycles. The summed E-state index contributed by atoms with van der Waals surface area (Å²) < 4.78 is 0. The summed E-state index contributed by atoms with van der Waals surface area (Å²) in [6.45, 7) is 1.76. The standard InChI is InChI=1S/C20H18N2O3/c1-2-12-7-9-13(10-8-12)19-17-14-5-3-4-6-15(14)21-18(17)20(25)22(19)11-16(23)24/h3-10,19,21H,2,11H2,1H3,(H,23,24). The Morgan fingerprint density at radius 3 is 2.56 bits per heavy atom. The van der Waals surface area contributed by atoms with Gasteiger partial charge in [0.2, 0.25) is 0 Å². The summed E-state index contributed by atoms with van der Waals surface area (Å²) >= 11 is 0. The molecule has 2 N–H and O–H groups in total. The quantitative estimate of drug-likeness (QED) is 0.768. The molecule has 1 atom stereocenters. The number of aryl methyl sites for hydroxylation is 1. The van der Waals surface area contributed by atoms with Crippen molar-refractivity contribution >= 4 is 22.8 Å². The van der Waals surface area contributed by atoms with E-state index in [1.165, 1.54) is 10.5 Å². The summed E-state index contributed by atoms with van der Waals surface area (Å²) in [5.74, 6) is -1.28. The molecule has 0 fully saturated rings. The van der Waals surface area contributed by atoms with Gasteiger partial charge >= 0.3 is 5.97 Å². The third-order valence-electron chi connectivity index (χ3n) is 4.82. The van der Waals surface area contributed by atoms with Crippen molar-refractivity contribution in [3.05, 3.63) is 70.9 Å². The van der Waals surface area contributed by atoms with Gasteiger partial charge in [-0.15, -0.1) is 0 Å². The first-order chi connectivity index (χ1) is 12.1. The van der Waals surface area contributed by atoms with Crippen molar-refractivity contribution < 1.29 is 14.7 Å². The van der Waals surface area contributed by atoms with Gasteiger partial charge in [-0.1, -0.05) is 49.4 Å². The van der Waals surface area contributed by atoms with Crippen molar-refractivity contribution in [1.29, 1.82) is 0 Å². The number of carboxylic acids is 1. The molecule has 0 bridgehead atoms. The second-order valence-electron chi connectivity index (χ2n) is 6.28. The predicted molar refractivity (Wildman–Crippen MR) is 94.6 cm³/mol. The van der Waals surface area contributed by atoms with Crippen molar-refractivity contribution in [2.75, 3.05) is 6.54 Å². The monoisotopic (exact) mass is 334 g/mol. The van der Waals surface area contributed by atoms with Crippen LogP contribution in [0, 0.1) is 0 Å². The smallest absolute Gasteiger partial charge is 0.323 e. The first-order valence-corrected chi connectivity index (χ1v) is 8.32. The minimum absolute atomic E-state index is 0.266. The van der Waals surface area contributed by atoms with Gasteiger partial charge in [-0.2, -0.15) is 0 Å². The van der Waals surface area contributed by atoms with Gasteiger partial charge in [0, 0.05) is 16.5 Å². The number of nitrogens with zero attached hydrogens (tertiary/aromatic N) is 1. The van der Waals surface area contributed by atoms with E-state index >= 15 is 0 Å². The summed E-state index contributed by atoms with van der Waals surface area (Å²) in [5.41, 5.74) is 4.39. The lowest BCUT2D eigenvalue weighted by Gasteiger charge is -2.24. The van der Waals surface area contributed by atoms with Crippen molar-refractivity contribution in [3.63, 3.8) is 0 Å². The maximum absolute atomic E-state index is 12.8. The Morgan fingerprint density at radius 1 is 1.16 bits per heavy atom. The molecule has 1 aliphatic heterocycles. The number of hydrogen-bond acceptors (Lipinski definition) is 2. The molecule has 0 aliphatic carbocycles. The highest BCUT2D eigenvalue weighted by Crippen LogP contribution is 2.42. The molecule has 0 saturated heterocycles. The van der Waals surface area contributed by atoms with Crippen LogP contribution in [0.25, 0.3) is 10.9 Å². The minimum Gasteiger partial charge on any atom is -0.480 e. The zero-order valence-corrected chi connectivity index (χ0v) is 13.8. The normalized spacial score (nSPS) is 16.4. The van der Waals surface area contributed by atoms with Crippen molar-refractivity contribution in [3.8, 4) is 0 Å². The number of nitrogens with one attached hydrogen (secondary N) is 1. The number of benzene rings is 2. The zero-order chi connectivity index (χ0) is 17.6. The number of fused-ring (bicyclic) bond motifs is 3. The van der Waals surface area contributed by atoms with E-state index in [9.17, 15) is 14.7 Å². The summed E-state index contributed by atoms with van der Waals surface area (Å²) in [5, 5.41) is 10.2. The molecule has 2 aromatic carbocycles. The number of hydrogen-bond donors (Lipinski definition) is 2. The van der Waals surface area contributed by atoms with Crippen LogP contribution in [0.15, 0.2) is 48.5 Å². The van der Waals surface area contributed by atoms with Crippen molar-refractivity contribution in [2.45, 2.75) is 19.4 Å². The topological polar surface area (TPSA) is 73.4 Å². The minimum atomic E-state index is -1.02. The number of rotatable bonds is 4. The summed E-state index contributed by atoms with van der Waals surface area (Å²) in [7, 11) is 0. The lowest BCUT2D eigenvalue weighted by atomic mass is 9.96. The Labute approximate surface area is 144 Å². The van der Waals surface area contributed by atoms with E-state index in [1.807, 2.05) is 48.5 Å². The highest BCUT2D eigenvalue weighted by Gasteiger charge is 2.41. The fraction of sp³-hybridized carbons (Fsp3) is 0.200. The van der Waals surface area contributed by atoms with Crippen LogP contribution >= 0.6 is 0 Å². The van der Waals surface area contributed by atoms with Gasteiger partial charge in [0.15, 0.2) is 0 Å². The second-order valence-corrected chi connectivity index (χ2v) is 6.28. The number of carbonyl (C=O) groups is 2. The van der Waals surface area contributed by atoms with Gasteiger partial charge < -0.3 is 15.0 Å². The summed E-state index contributed by atoms with van der Waals surface area (Å²) in [6.07, 6.45) is 0.932. The van der Waals surface area contributed by atoms with E-state index in [-0.39, 0.29) is 18.5 Å². The van der Waals surface area contributed by atoms with E-state index in [0.717, 1.165) is 28.5 Å². The summed E-state index contributed by atoms with van der Waals surface area (Å²) in [6, 6.07) is 15.4. The molecule has 1 amide bonds. The lowest BCUT2D eigenvalue weighted by molar-refractivity contribution is -0.138. The van der Waals surface area contributed by atoms with Crippen molar-refractivity contribution in [2.24, 2.45) is 0 Å². The molecule has 1 unspecified atom stereocenters. The Hall–Kier alpha value is -3.08. The Balaban J connectivity index is 1.90. The van der Waals surface area contributed by atoms with E-state index in [4.69, 9.17) is 0 Å². The molecule has 0 radical (unpaired) electrons. The first kappa shape index (κ1) is 15.4. The SMILES string of the molecule is CCc1ccc(C2c3c([nH]c4ccccc34)C(=O)N2CC(=O)O)cc1. The molecule has 0 saturated carbocycles. The first-order valence-electron chi connectivity index (χ1n) is 8.32. The fourth-order valence-corrected chi connectivity index (χ4v) is 3.62. The number of aromatic nitrogens is 1. The number of aliphatic carboxylic acids is 1. The van der Waals surface area contributed by atoms with Gasteiger partial charge in [-0.3, -0.25) is 9.59 Å². The summed E-state index contributed by atoms with van der Waals surface area (Å²) in [4.78, 5) is 28.7. The van der Waals surface area contributed by atoms with Crippen LogP contribution in [0.5, 0.6) is 0 Å². The van der Waals surface area contributed by atoms with E-state index in [0.29, 0.717) is 5.69 Å². The average molecular weight is 334 g/mol. The molecule has 25 heavy (non-hydrogen) atoms. The van der Waals surface area contributed by atoms with Gasteiger partial charge in [0.05, 0.1) is 6.04 Å². The fourth-order valence-electron chi connectivity index (χ4n) is 3.62. The second kappa shape index (κ2) is 5.77. The van der Waals surface area contributed by atoms with Gasteiger partial charge in [-0.25, -0.2) is 0 Å². The number of carboxylic acid groups (broad SMARTS) is 1. The third kappa shape index (κ3) is 2.39. The Bertz CT molecular complexity index is 972. The van der Waals surface area contributed by atoms with Crippen LogP contribution in [-0.4, -0.2) is 33.4 Å². The van der Waals surface area contributed by atoms with Crippen LogP contribution < -0.4 is 0 Å². The lowest BCUT2D eigenvalue weighted by Crippen LogP contribution is -2.34. The van der Waals surface area contributed by atoms with Gasteiger partial charge in [0.25, 0.3) is 5.91 Å². The molecule has 5 nitrogen and oxygen atoms in total.